The summed E-state index contributed by atoms with van der Waals surface area (Å²) in [7, 11) is 0. The highest BCUT2D eigenvalue weighted by molar-refractivity contribution is 6.09. The lowest BCUT2D eigenvalue weighted by Crippen LogP contribution is -2.49. The zero-order valence-electron chi connectivity index (χ0n) is 12.5. The molecule has 0 unspecified atom stereocenters. The van der Waals surface area contributed by atoms with Crippen molar-refractivity contribution in [2.45, 2.75) is 26.7 Å². The molecule has 0 radical (unpaired) electrons. The summed E-state index contributed by atoms with van der Waals surface area (Å²) in [5, 5.41) is 5.93. The van der Waals surface area contributed by atoms with Gasteiger partial charge in [-0.1, -0.05) is 32.0 Å². The molecule has 6 amide bonds. The lowest BCUT2D eigenvalue weighted by atomic mass is 10.0. The highest BCUT2D eigenvalue weighted by atomic mass is 16.2. The van der Waals surface area contributed by atoms with Crippen LogP contribution in [-0.4, -0.2) is 23.9 Å². The molecule has 0 aliphatic heterocycles. The maximum atomic E-state index is 11.7. The maximum Gasteiger partial charge on any atom is 0.329 e. The first-order valence-corrected chi connectivity index (χ1v) is 7.00. The van der Waals surface area contributed by atoms with Gasteiger partial charge in [-0.25, -0.2) is 9.59 Å². The number of benzene rings is 1. The molecule has 7 heteroatoms. The molecule has 0 atom stereocenters. The van der Waals surface area contributed by atoms with Crippen LogP contribution in [0, 0.1) is 5.92 Å². The number of hydrogen-bond acceptors (Lipinski definition) is 4. The van der Waals surface area contributed by atoms with Crippen LogP contribution in [0.15, 0.2) is 30.3 Å². The minimum absolute atomic E-state index is 0.283. The van der Waals surface area contributed by atoms with Crippen LogP contribution in [0.5, 0.6) is 0 Å². The Morgan fingerprint density at radius 3 is 1.95 bits per heavy atom. The van der Waals surface area contributed by atoms with E-state index in [4.69, 9.17) is 0 Å². The van der Waals surface area contributed by atoms with E-state index in [0.717, 1.165) is 0 Å². The van der Waals surface area contributed by atoms with Gasteiger partial charge in [-0.15, -0.1) is 0 Å². The van der Waals surface area contributed by atoms with Gasteiger partial charge < -0.3 is 0 Å². The van der Waals surface area contributed by atoms with E-state index in [-0.39, 0.29) is 11.5 Å². The van der Waals surface area contributed by atoms with E-state index in [9.17, 15) is 19.2 Å². The summed E-state index contributed by atoms with van der Waals surface area (Å²) in [5.74, 6) is -1.39. The molecule has 0 spiro atoms. The van der Waals surface area contributed by atoms with Crippen LogP contribution in [0.4, 0.5) is 9.59 Å². The number of amides is 6. The van der Waals surface area contributed by atoms with E-state index in [2.05, 4.69) is 5.32 Å². The maximum absolute atomic E-state index is 11.7. The SMILES string of the molecule is CCC(CC)C(=O)NC(=O)NC(=O)NC(=O)c1ccccc1. The Hall–Kier alpha value is -2.70. The summed E-state index contributed by atoms with van der Waals surface area (Å²) in [4.78, 5) is 46.4. The predicted molar refractivity (Wildman–Crippen MR) is 80.1 cm³/mol. The van der Waals surface area contributed by atoms with Crippen LogP contribution in [0.2, 0.25) is 0 Å². The Morgan fingerprint density at radius 1 is 0.864 bits per heavy atom. The van der Waals surface area contributed by atoms with Crippen molar-refractivity contribution in [3.05, 3.63) is 35.9 Å². The fourth-order valence-corrected chi connectivity index (χ4v) is 1.80. The number of nitrogens with one attached hydrogen (secondary N) is 3. The normalized spacial score (nSPS) is 9.95. The van der Waals surface area contributed by atoms with Crippen LogP contribution < -0.4 is 16.0 Å². The molecule has 0 bridgehead atoms. The summed E-state index contributed by atoms with van der Waals surface area (Å²) in [6, 6.07) is 6.12. The van der Waals surface area contributed by atoms with E-state index in [0.29, 0.717) is 12.8 Å². The fraction of sp³-hybridized carbons (Fsp3) is 0.333. The van der Waals surface area contributed by atoms with E-state index in [1.807, 2.05) is 24.5 Å². The topological polar surface area (TPSA) is 104 Å². The quantitative estimate of drug-likeness (QED) is 0.788. The second-order valence-corrected chi connectivity index (χ2v) is 4.61. The van der Waals surface area contributed by atoms with Crippen molar-refractivity contribution in [1.82, 2.24) is 16.0 Å². The zero-order chi connectivity index (χ0) is 16.5. The zero-order valence-corrected chi connectivity index (χ0v) is 12.5. The third kappa shape index (κ3) is 5.35. The molecule has 0 aliphatic carbocycles. The summed E-state index contributed by atoms with van der Waals surface area (Å²) in [6.07, 6.45) is 1.18. The highest BCUT2D eigenvalue weighted by Crippen LogP contribution is 2.06. The van der Waals surface area contributed by atoms with Gasteiger partial charge in [-0.2, -0.15) is 0 Å². The van der Waals surface area contributed by atoms with Gasteiger partial charge in [0.05, 0.1) is 0 Å². The van der Waals surface area contributed by atoms with Crippen LogP contribution in [0.1, 0.15) is 37.0 Å². The van der Waals surface area contributed by atoms with Gasteiger partial charge >= 0.3 is 12.1 Å². The first-order chi connectivity index (χ1) is 10.5. The van der Waals surface area contributed by atoms with Crippen molar-refractivity contribution in [1.29, 1.82) is 0 Å². The Kier molecular flexibility index (Phi) is 6.75. The molecule has 1 aromatic rings. The van der Waals surface area contributed by atoms with E-state index in [1.165, 1.54) is 12.1 Å². The highest BCUT2D eigenvalue weighted by Gasteiger charge is 2.18. The van der Waals surface area contributed by atoms with Gasteiger partial charge in [-0.3, -0.25) is 25.5 Å². The number of imide groups is 3. The Bertz CT molecular complexity index is 553. The van der Waals surface area contributed by atoms with Gasteiger partial charge in [0.25, 0.3) is 5.91 Å². The number of carbonyl (C=O) groups is 4. The van der Waals surface area contributed by atoms with E-state index >= 15 is 0 Å². The third-order valence-corrected chi connectivity index (χ3v) is 3.08. The molecule has 1 aromatic carbocycles. The van der Waals surface area contributed by atoms with Gasteiger partial charge in [0, 0.05) is 11.5 Å². The number of rotatable bonds is 4. The van der Waals surface area contributed by atoms with Crippen molar-refractivity contribution in [2.24, 2.45) is 5.92 Å². The van der Waals surface area contributed by atoms with Crippen LogP contribution in [0.25, 0.3) is 0 Å². The van der Waals surface area contributed by atoms with Crippen molar-refractivity contribution < 1.29 is 19.2 Å². The Morgan fingerprint density at radius 2 is 1.41 bits per heavy atom. The van der Waals surface area contributed by atoms with Crippen molar-refractivity contribution in [3.8, 4) is 0 Å². The van der Waals surface area contributed by atoms with Gasteiger partial charge in [0.1, 0.15) is 0 Å². The molecular weight excluding hydrogens is 286 g/mol. The molecule has 0 heterocycles. The summed E-state index contributed by atoms with van der Waals surface area (Å²) in [5.41, 5.74) is 0.283. The minimum Gasteiger partial charge on any atom is -0.277 e. The average molecular weight is 305 g/mol. The molecule has 0 saturated heterocycles. The lowest BCUT2D eigenvalue weighted by molar-refractivity contribution is -0.124. The molecule has 22 heavy (non-hydrogen) atoms. The fourth-order valence-electron chi connectivity index (χ4n) is 1.80. The van der Waals surface area contributed by atoms with Gasteiger partial charge in [0.2, 0.25) is 5.91 Å². The first kappa shape index (κ1) is 17.4. The minimum atomic E-state index is -0.997. The lowest BCUT2D eigenvalue weighted by Gasteiger charge is -2.12. The molecule has 1 rings (SSSR count). The molecule has 0 fully saturated rings. The Labute approximate surface area is 128 Å². The molecular formula is C15H19N3O4. The van der Waals surface area contributed by atoms with Crippen molar-refractivity contribution in [3.63, 3.8) is 0 Å². The Balaban J connectivity index is 2.46. The van der Waals surface area contributed by atoms with Crippen LogP contribution in [0.3, 0.4) is 0 Å². The standard InChI is InChI=1S/C15H19N3O4/c1-3-10(4-2)12(19)16-14(21)18-15(22)17-13(20)11-8-6-5-7-9-11/h5-10H,3-4H2,1-2H3,(H3,16,17,18,19,20,21,22). The first-order valence-electron chi connectivity index (χ1n) is 7.00. The largest absolute Gasteiger partial charge is 0.329 e. The summed E-state index contributed by atoms with van der Waals surface area (Å²) in [6.45, 7) is 3.66. The van der Waals surface area contributed by atoms with Crippen LogP contribution >= 0.6 is 0 Å². The smallest absolute Gasteiger partial charge is 0.277 e. The number of hydrogen-bond donors (Lipinski definition) is 3. The van der Waals surface area contributed by atoms with Crippen LogP contribution in [-0.2, 0) is 4.79 Å². The molecule has 0 saturated carbocycles. The number of carbonyl (C=O) groups excluding carboxylic acids is 4. The average Bonchev–Trinajstić information content (AvgIpc) is 2.48. The molecule has 7 nitrogen and oxygen atoms in total. The van der Waals surface area contributed by atoms with Gasteiger partial charge in [0.15, 0.2) is 0 Å². The number of urea groups is 2. The van der Waals surface area contributed by atoms with Crippen molar-refractivity contribution in [2.75, 3.05) is 0 Å². The third-order valence-electron chi connectivity index (χ3n) is 3.08. The second kappa shape index (κ2) is 8.56. The van der Waals surface area contributed by atoms with E-state index < -0.39 is 23.9 Å². The molecule has 0 aromatic heterocycles. The summed E-state index contributed by atoms with van der Waals surface area (Å²) < 4.78 is 0. The van der Waals surface area contributed by atoms with Crippen molar-refractivity contribution >= 4 is 23.9 Å². The molecule has 0 aliphatic rings. The summed E-state index contributed by atoms with van der Waals surface area (Å²) >= 11 is 0. The second-order valence-electron chi connectivity index (χ2n) is 4.61. The van der Waals surface area contributed by atoms with Gasteiger partial charge in [-0.05, 0) is 25.0 Å². The van der Waals surface area contributed by atoms with E-state index in [1.54, 1.807) is 18.2 Å². The molecule has 118 valence electrons. The predicted octanol–water partition coefficient (Wildman–Crippen LogP) is 1.80. The monoisotopic (exact) mass is 305 g/mol. The molecule has 3 N–H and O–H groups in total.